The van der Waals surface area contributed by atoms with Crippen molar-refractivity contribution in [1.82, 2.24) is 4.68 Å². The van der Waals surface area contributed by atoms with E-state index in [0.717, 1.165) is 6.42 Å². The molecule has 0 bridgehead atoms. The summed E-state index contributed by atoms with van der Waals surface area (Å²) in [6.45, 7) is 0. The molecule has 3 rings (SSSR count). The van der Waals surface area contributed by atoms with Crippen LogP contribution in [0.1, 0.15) is 5.69 Å². The topological polar surface area (TPSA) is 17.3 Å². The molecular weight excluding hydrogens is 148 g/mol. The fraction of sp³-hybridized carbons (Fsp3) is 0.100. The van der Waals surface area contributed by atoms with Crippen LogP contribution >= 0.6 is 0 Å². The van der Waals surface area contributed by atoms with Crippen molar-refractivity contribution >= 4 is 17.0 Å². The summed E-state index contributed by atoms with van der Waals surface area (Å²) in [7, 11) is 0. The van der Waals surface area contributed by atoms with Crippen LogP contribution in [-0.2, 0) is 6.42 Å². The monoisotopic (exact) mass is 156 g/mol. The van der Waals surface area contributed by atoms with Gasteiger partial charge in [-0.15, -0.1) is 0 Å². The Hall–Kier alpha value is -1.57. The third-order valence-corrected chi connectivity index (χ3v) is 2.30. The second kappa shape index (κ2) is 1.97. The molecule has 0 aliphatic carbocycles. The lowest BCUT2D eigenvalue weighted by Crippen LogP contribution is -1.83. The first-order valence-corrected chi connectivity index (χ1v) is 4.07. The predicted octanol–water partition coefficient (Wildman–Crippen LogP) is 2.03. The molecule has 0 spiro atoms. The zero-order valence-corrected chi connectivity index (χ0v) is 6.57. The number of rotatable bonds is 0. The first-order valence-electron chi connectivity index (χ1n) is 4.07. The number of hydrogen-bond donors (Lipinski definition) is 0. The average Bonchev–Trinajstić information content (AvgIpc) is 2.62. The second-order valence-corrected chi connectivity index (χ2v) is 3.01. The molecule has 0 fully saturated rings. The van der Waals surface area contributed by atoms with Gasteiger partial charge in [0.25, 0.3) is 0 Å². The van der Waals surface area contributed by atoms with Crippen molar-refractivity contribution in [3.8, 4) is 0 Å². The van der Waals surface area contributed by atoms with E-state index in [1.165, 1.54) is 16.5 Å². The van der Waals surface area contributed by atoms with E-state index in [1.54, 1.807) is 0 Å². The molecule has 0 unspecified atom stereocenters. The molecule has 12 heavy (non-hydrogen) atoms. The van der Waals surface area contributed by atoms with E-state index in [2.05, 4.69) is 35.6 Å². The number of hydrogen-bond acceptors (Lipinski definition) is 1. The SMILES string of the molecule is C1=Nn2cc3ccccc3c2C1. The third-order valence-electron chi connectivity index (χ3n) is 2.30. The van der Waals surface area contributed by atoms with Gasteiger partial charge in [0.15, 0.2) is 0 Å². The molecule has 0 atom stereocenters. The number of fused-ring (bicyclic) bond motifs is 3. The summed E-state index contributed by atoms with van der Waals surface area (Å²) >= 11 is 0. The van der Waals surface area contributed by atoms with Gasteiger partial charge in [0.05, 0.1) is 5.69 Å². The summed E-state index contributed by atoms with van der Waals surface area (Å²) in [6, 6.07) is 8.40. The van der Waals surface area contributed by atoms with Crippen molar-refractivity contribution < 1.29 is 0 Å². The van der Waals surface area contributed by atoms with Crippen LogP contribution in [0, 0.1) is 0 Å². The summed E-state index contributed by atoms with van der Waals surface area (Å²) in [4.78, 5) is 0. The Morgan fingerprint density at radius 3 is 3.17 bits per heavy atom. The normalized spacial score (nSPS) is 14.0. The van der Waals surface area contributed by atoms with E-state index in [1.807, 2.05) is 10.9 Å². The van der Waals surface area contributed by atoms with Crippen molar-refractivity contribution in [2.24, 2.45) is 5.10 Å². The summed E-state index contributed by atoms with van der Waals surface area (Å²) in [6.07, 6.45) is 4.99. The standard InChI is InChI=1S/C10H8N2/c1-2-4-9-8(3-1)7-12-10(9)5-6-11-12/h1-4,6-7H,5H2. The molecule has 1 aromatic carbocycles. The van der Waals surface area contributed by atoms with Gasteiger partial charge in [-0.25, -0.2) is 4.68 Å². The molecule has 2 heterocycles. The summed E-state index contributed by atoms with van der Waals surface area (Å²) in [5.41, 5.74) is 1.31. The van der Waals surface area contributed by atoms with Gasteiger partial charge in [-0.2, -0.15) is 5.10 Å². The number of aromatic nitrogens is 1. The highest BCUT2D eigenvalue weighted by molar-refractivity contribution is 5.88. The molecule has 1 aromatic heterocycles. The molecule has 0 saturated carbocycles. The quantitative estimate of drug-likeness (QED) is 0.555. The zero-order chi connectivity index (χ0) is 7.97. The van der Waals surface area contributed by atoms with Gasteiger partial charge in [0.1, 0.15) is 0 Å². The largest absolute Gasteiger partial charge is 0.244 e. The van der Waals surface area contributed by atoms with E-state index < -0.39 is 0 Å². The first-order chi connectivity index (χ1) is 5.95. The molecule has 58 valence electrons. The molecule has 1 aliphatic rings. The average molecular weight is 156 g/mol. The number of nitrogens with zero attached hydrogens (tertiary/aromatic N) is 2. The van der Waals surface area contributed by atoms with Crippen molar-refractivity contribution in [2.45, 2.75) is 6.42 Å². The minimum Gasteiger partial charge on any atom is -0.244 e. The lowest BCUT2D eigenvalue weighted by molar-refractivity contribution is 0.888. The smallest absolute Gasteiger partial charge is 0.0552 e. The maximum atomic E-state index is 4.23. The summed E-state index contributed by atoms with van der Waals surface area (Å²) in [5, 5.41) is 6.84. The Morgan fingerprint density at radius 2 is 2.17 bits per heavy atom. The number of benzene rings is 1. The van der Waals surface area contributed by atoms with Crippen LogP contribution in [0.4, 0.5) is 0 Å². The van der Waals surface area contributed by atoms with Crippen LogP contribution in [0.3, 0.4) is 0 Å². The van der Waals surface area contributed by atoms with E-state index in [9.17, 15) is 0 Å². The first kappa shape index (κ1) is 6.00. The molecule has 0 saturated heterocycles. The van der Waals surface area contributed by atoms with E-state index in [0.29, 0.717) is 0 Å². The Morgan fingerprint density at radius 1 is 1.25 bits per heavy atom. The van der Waals surface area contributed by atoms with Gasteiger partial charge >= 0.3 is 0 Å². The maximum Gasteiger partial charge on any atom is 0.0552 e. The maximum absolute atomic E-state index is 4.23. The van der Waals surface area contributed by atoms with Crippen LogP contribution in [0.25, 0.3) is 10.8 Å². The highest BCUT2D eigenvalue weighted by Gasteiger charge is 2.10. The molecule has 0 radical (unpaired) electrons. The fourth-order valence-electron chi connectivity index (χ4n) is 1.73. The Bertz CT molecular complexity index is 466. The third kappa shape index (κ3) is 0.619. The summed E-state index contributed by atoms with van der Waals surface area (Å²) in [5.74, 6) is 0. The van der Waals surface area contributed by atoms with Crippen molar-refractivity contribution in [1.29, 1.82) is 0 Å². The predicted molar refractivity (Wildman–Crippen MR) is 49.5 cm³/mol. The highest BCUT2D eigenvalue weighted by Crippen LogP contribution is 2.23. The van der Waals surface area contributed by atoms with Crippen molar-refractivity contribution in [3.63, 3.8) is 0 Å². The Balaban J connectivity index is 2.49. The molecule has 0 N–H and O–H groups in total. The molecular formula is C10H8N2. The lowest BCUT2D eigenvalue weighted by atomic mass is 10.1. The van der Waals surface area contributed by atoms with Gasteiger partial charge in [0, 0.05) is 29.6 Å². The van der Waals surface area contributed by atoms with Gasteiger partial charge in [0.2, 0.25) is 0 Å². The van der Waals surface area contributed by atoms with E-state index in [-0.39, 0.29) is 0 Å². The zero-order valence-electron chi connectivity index (χ0n) is 6.57. The molecule has 0 amide bonds. The van der Waals surface area contributed by atoms with Crippen LogP contribution in [0.2, 0.25) is 0 Å². The van der Waals surface area contributed by atoms with Crippen LogP contribution in [0.5, 0.6) is 0 Å². The van der Waals surface area contributed by atoms with Crippen LogP contribution in [-0.4, -0.2) is 10.9 Å². The van der Waals surface area contributed by atoms with Crippen LogP contribution in [0.15, 0.2) is 35.6 Å². The van der Waals surface area contributed by atoms with Crippen molar-refractivity contribution in [3.05, 3.63) is 36.2 Å². The summed E-state index contributed by atoms with van der Waals surface area (Å²) < 4.78 is 1.96. The van der Waals surface area contributed by atoms with Gasteiger partial charge in [-0.3, -0.25) is 0 Å². The minimum atomic E-state index is 0.966. The van der Waals surface area contributed by atoms with Crippen LogP contribution < -0.4 is 0 Å². The van der Waals surface area contributed by atoms with Gasteiger partial charge < -0.3 is 0 Å². The fourth-order valence-corrected chi connectivity index (χ4v) is 1.73. The lowest BCUT2D eigenvalue weighted by Gasteiger charge is -1.90. The molecule has 2 nitrogen and oxygen atoms in total. The Labute approximate surface area is 70.1 Å². The van der Waals surface area contributed by atoms with E-state index >= 15 is 0 Å². The van der Waals surface area contributed by atoms with Crippen molar-refractivity contribution in [2.75, 3.05) is 0 Å². The molecule has 1 aliphatic heterocycles. The van der Waals surface area contributed by atoms with E-state index in [4.69, 9.17) is 0 Å². The molecule has 2 aromatic rings. The Kier molecular flexibility index (Phi) is 0.987. The van der Waals surface area contributed by atoms with Gasteiger partial charge in [-0.1, -0.05) is 24.3 Å². The minimum absolute atomic E-state index is 0.966. The molecule has 2 heteroatoms. The second-order valence-electron chi connectivity index (χ2n) is 3.01. The highest BCUT2D eigenvalue weighted by atomic mass is 15.4. The van der Waals surface area contributed by atoms with Gasteiger partial charge in [-0.05, 0) is 0 Å².